The van der Waals surface area contributed by atoms with Gasteiger partial charge >= 0.3 is 0 Å². The van der Waals surface area contributed by atoms with Crippen LogP contribution in [0.2, 0.25) is 0 Å². The predicted molar refractivity (Wildman–Crippen MR) is 118 cm³/mol. The molecule has 0 unspecified atom stereocenters. The van der Waals surface area contributed by atoms with Crippen molar-refractivity contribution < 1.29 is 9.42 Å². The van der Waals surface area contributed by atoms with E-state index in [0.717, 1.165) is 17.7 Å². The van der Waals surface area contributed by atoms with Crippen molar-refractivity contribution in [1.29, 1.82) is 0 Å². The van der Waals surface area contributed by atoms with Crippen LogP contribution in [0.5, 0.6) is 0 Å². The van der Waals surface area contributed by atoms with Gasteiger partial charge in [-0.3, -0.25) is 4.79 Å². The summed E-state index contributed by atoms with van der Waals surface area (Å²) in [6, 6.07) is 17.4. The Balaban J connectivity index is 1.55. The van der Waals surface area contributed by atoms with Gasteiger partial charge in [0.25, 0.3) is 5.91 Å². The molecule has 0 saturated carbocycles. The predicted octanol–water partition coefficient (Wildman–Crippen LogP) is 2.17. The van der Waals surface area contributed by atoms with Crippen molar-refractivity contribution in [2.75, 3.05) is 11.1 Å². The average Bonchev–Trinajstić information content (AvgIpc) is 3.44. The van der Waals surface area contributed by atoms with Gasteiger partial charge in [0.05, 0.1) is 18.5 Å². The number of benzene rings is 2. The molecule has 0 atom stereocenters. The van der Waals surface area contributed by atoms with E-state index in [9.17, 15) is 4.79 Å². The van der Waals surface area contributed by atoms with Crippen molar-refractivity contribution in [2.45, 2.75) is 19.9 Å². The molecular weight excluding hydrogens is 410 g/mol. The summed E-state index contributed by atoms with van der Waals surface area (Å²) in [5.41, 5.74) is 11.7. The normalized spacial score (nSPS) is 11.0. The molecule has 0 bridgehead atoms. The number of hydrogen-bond donors (Lipinski definition) is 3. The largest absolute Gasteiger partial charge is 0.379 e. The number of hydrogen-bond acceptors (Lipinski definition) is 9. The zero-order chi connectivity index (χ0) is 22.3. The van der Waals surface area contributed by atoms with Gasteiger partial charge in [0, 0.05) is 5.69 Å². The molecule has 2 heterocycles. The first-order valence-electron chi connectivity index (χ1n) is 9.90. The second-order valence-corrected chi connectivity index (χ2v) is 6.78. The van der Waals surface area contributed by atoms with Gasteiger partial charge in [0.15, 0.2) is 5.69 Å². The first kappa shape index (κ1) is 20.7. The lowest BCUT2D eigenvalue weighted by Crippen LogP contribution is -2.21. The Morgan fingerprint density at radius 2 is 1.94 bits per heavy atom. The molecule has 1 amide bonds. The first-order chi connectivity index (χ1) is 15.7. The van der Waals surface area contributed by atoms with E-state index in [-0.39, 0.29) is 23.9 Å². The molecule has 0 aliphatic rings. The maximum atomic E-state index is 12.8. The minimum atomic E-state index is -0.530. The third kappa shape index (κ3) is 4.61. The summed E-state index contributed by atoms with van der Waals surface area (Å²) < 4.78 is 5.97. The van der Waals surface area contributed by atoms with E-state index in [1.165, 1.54) is 10.2 Å². The smallest absolute Gasteiger partial charge is 0.293 e. The SMILES string of the molecule is CCc1ccc(/C=N/NC(=O)c2nnn(-c3nonc3N)c2CNc2ccccc2)cc1. The number of anilines is 2. The van der Waals surface area contributed by atoms with Crippen LogP contribution in [-0.4, -0.2) is 37.4 Å². The van der Waals surface area contributed by atoms with Gasteiger partial charge in [-0.1, -0.05) is 54.6 Å². The number of nitrogens with one attached hydrogen (secondary N) is 2. The Bertz CT molecular complexity index is 1210. The van der Waals surface area contributed by atoms with Crippen LogP contribution in [0.25, 0.3) is 5.82 Å². The third-order valence-electron chi connectivity index (χ3n) is 4.68. The number of nitrogens with zero attached hydrogens (tertiary/aromatic N) is 6. The molecule has 0 radical (unpaired) electrons. The van der Waals surface area contributed by atoms with E-state index in [0.29, 0.717) is 5.69 Å². The Hall–Kier alpha value is -4.54. The molecule has 4 aromatic rings. The molecule has 0 aliphatic heterocycles. The summed E-state index contributed by atoms with van der Waals surface area (Å²) in [4.78, 5) is 12.8. The molecule has 4 rings (SSSR count). The molecule has 0 aliphatic carbocycles. The van der Waals surface area contributed by atoms with Gasteiger partial charge < -0.3 is 11.1 Å². The average molecular weight is 431 g/mol. The lowest BCUT2D eigenvalue weighted by atomic mass is 10.1. The molecule has 0 fully saturated rings. The summed E-state index contributed by atoms with van der Waals surface area (Å²) >= 11 is 0. The molecule has 0 saturated heterocycles. The summed E-state index contributed by atoms with van der Waals surface area (Å²) in [6.07, 6.45) is 2.51. The summed E-state index contributed by atoms with van der Waals surface area (Å²) in [7, 11) is 0. The highest BCUT2D eigenvalue weighted by atomic mass is 16.6. The molecule has 2 aromatic heterocycles. The van der Waals surface area contributed by atoms with Gasteiger partial charge in [-0.05, 0) is 40.0 Å². The van der Waals surface area contributed by atoms with Gasteiger partial charge in [0.2, 0.25) is 11.6 Å². The number of nitrogen functional groups attached to an aromatic ring is 1. The fourth-order valence-electron chi connectivity index (χ4n) is 2.94. The lowest BCUT2D eigenvalue weighted by molar-refractivity contribution is 0.0949. The number of nitrogens with two attached hydrogens (primary N) is 1. The fraction of sp³-hybridized carbons (Fsp3) is 0.143. The quantitative estimate of drug-likeness (QED) is 0.284. The minimum absolute atomic E-state index is 0.0244. The van der Waals surface area contributed by atoms with E-state index in [2.05, 4.69) is 48.0 Å². The van der Waals surface area contributed by atoms with Crippen LogP contribution in [0.3, 0.4) is 0 Å². The maximum Gasteiger partial charge on any atom is 0.293 e. The van der Waals surface area contributed by atoms with Crippen LogP contribution < -0.4 is 16.5 Å². The number of para-hydroxylation sites is 1. The molecule has 162 valence electrons. The fourth-order valence-corrected chi connectivity index (χ4v) is 2.94. The second kappa shape index (κ2) is 9.51. The van der Waals surface area contributed by atoms with Gasteiger partial charge in [-0.2, -0.15) is 9.78 Å². The van der Waals surface area contributed by atoms with Crippen LogP contribution in [0.15, 0.2) is 64.3 Å². The highest BCUT2D eigenvalue weighted by Crippen LogP contribution is 2.17. The standard InChI is InChI=1S/C21H21N9O2/c1-2-14-8-10-15(11-9-14)12-24-26-21(31)18-17(13-23-16-6-4-3-5-7-16)30(29-25-18)20-19(22)27-32-28-20/h3-12,23H,2,13H2,1H3,(H2,22,27)(H,26,31)/b24-12+. The summed E-state index contributed by atoms with van der Waals surface area (Å²) in [5, 5.41) is 22.6. The Labute approximate surface area is 183 Å². The van der Waals surface area contributed by atoms with E-state index in [4.69, 9.17) is 5.73 Å². The number of carbonyl (C=O) groups excluding carboxylic acids is 1. The number of hydrazone groups is 1. The maximum absolute atomic E-state index is 12.8. The number of aryl methyl sites for hydroxylation is 1. The topological polar surface area (TPSA) is 149 Å². The summed E-state index contributed by atoms with van der Waals surface area (Å²) in [6.45, 7) is 2.30. The number of amides is 1. The van der Waals surface area contributed by atoms with Crippen LogP contribution in [0, 0.1) is 0 Å². The van der Waals surface area contributed by atoms with Crippen LogP contribution in [0.4, 0.5) is 11.5 Å². The number of carbonyl (C=O) groups is 1. The highest BCUT2D eigenvalue weighted by molar-refractivity contribution is 5.94. The first-order valence-corrected chi connectivity index (χ1v) is 9.90. The molecule has 4 N–H and O–H groups in total. The Morgan fingerprint density at radius 1 is 1.16 bits per heavy atom. The second-order valence-electron chi connectivity index (χ2n) is 6.78. The Kier molecular flexibility index (Phi) is 6.16. The van der Waals surface area contributed by atoms with Crippen LogP contribution in [0.1, 0.15) is 34.2 Å². The third-order valence-corrected chi connectivity index (χ3v) is 4.68. The zero-order valence-electron chi connectivity index (χ0n) is 17.3. The molecular formula is C21H21N9O2. The highest BCUT2D eigenvalue weighted by Gasteiger charge is 2.23. The number of aromatic nitrogens is 5. The van der Waals surface area contributed by atoms with Crippen LogP contribution >= 0.6 is 0 Å². The molecule has 2 aromatic carbocycles. The van der Waals surface area contributed by atoms with E-state index < -0.39 is 5.91 Å². The van der Waals surface area contributed by atoms with E-state index >= 15 is 0 Å². The number of rotatable bonds is 8. The van der Waals surface area contributed by atoms with Crippen molar-refractivity contribution in [3.8, 4) is 5.82 Å². The molecule has 11 nitrogen and oxygen atoms in total. The van der Waals surface area contributed by atoms with Crippen LogP contribution in [-0.2, 0) is 13.0 Å². The molecule has 11 heteroatoms. The lowest BCUT2D eigenvalue weighted by Gasteiger charge is -2.08. The van der Waals surface area contributed by atoms with Gasteiger partial charge in [0.1, 0.15) is 0 Å². The summed E-state index contributed by atoms with van der Waals surface area (Å²) in [5.74, 6) is -0.366. The van der Waals surface area contributed by atoms with Crippen molar-refractivity contribution >= 4 is 23.6 Å². The van der Waals surface area contributed by atoms with E-state index in [1.54, 1.807) is 6.21 Å². The van der Waals surface area contributed by atoms with Crippen molar-refractivity contribution in [1.82, 2.24) is 30.7 Å². The van der Waals surface area contributed by atoms with Crippen molar-refractivity contribution in [3.63, 3.8) is 0 Å². The van der Waals surface area contributed by atoms with Gasteiger partial charge in [-0.25, -0.2) is 10.1 Å². The van der Waals surface area contributed by atoms with Crippen molar-refractivity contribution in [2.24, 2.45) is 5.10 Å². The van der Waals surface area contributed by atoms with E-state index in [1.807, 2.05) is 54.6 Å². The molecule has 32 heavy (non-hydrogen) atoms. The Morgan fingerprint density at radius 3 is 2.62 bits per heavy atom. The minimum Gasteiger partial charge on any atom is -0.379 e. The monoisotopic (exact) mass is 431 g/mol. The molecule has 0 spiro atoms. The zero-order valence-corrected chi connectivity index (χ0v) is 17.3. The van der Waals surface area contributed by atoms with Crippen molar-refractivity contribution in [3.05, 3.63) is 77.1 Å². The van der Waals surface area contributed by atoms with Gasteiger partial charge in [-0.15, -0.1) is 5.10 Å².